The molecular formula is C25H33FN2O4. The first-order valence-corrected chi connectivity index (χ1v) is 12.0. The molecule has 3 aliphatic heterocycles. The van der Waals surface area contributed by atoms with Gasteiger partial charge in [0, 0.05) is 36.8 Å². The number of piperidine rings is 1. The highest BCUT2D eigenvalue weighted by Crippen LogP contribution is 2.65. The SMILES string of the molecule is C=CCN1CC[C@]23c4c5ccc(O)c4OC2[C@H](N(C)C2CCOCC2F)CC[C@@]3(O)C1C5. The smallest absolute Gasteiger partial charge is 0.165 e. The molecule has 174 valence electrons. The molecular weight excluding hydrogens is 411 g/mol. The molecule has 2 aliphatic carbocycles. The van der Waals surface area contributed by atoms with Crippen molar-refractivity contribution < 1.29 is 24.1 Å². The van der Waals surface area contributed by atoms with E-state index >= 15 is 0 Å². The number of benzene rings is 1. The van der Waals surface area contributed by atoms with Gasteiger partial charge in [-0.05, 0) is 57.3 Å². The quantitative estimate of drug-likeness (QED) is 0.694. The van der Waals surface area contributed by atoms with E-state index in [0.717, 1.165) is 43.5 Å². The maximum Gasteiger partial charge on any atom is 0.165 e. The lowest BCUT2D eigenvalue weighted by atomic mass is 9.48. The number of aromatic hydroxyl groups is 1. The number of rotatable bonds is 4. The van der Waals surface area contributed by atoms with Crippen LogP contribution in [0.4, 0.5) is 4.39 Å². The maximum atomic E-state index is 14.8. The van der Waals surface area contributed by atoms with Crippen molar-refractivity contribution in [1.82, 2.24) is 9.80 Å². The van der Waals surface area contributed by atoms with Crippen LogP contribution in [0.5, 0.6) is 11.5 Å². The van der Waals surface area contributed by atoms with Crippen molar-refractivity contribution in [3.63, 3.8) is 0 Å². The Labute approximate surface area is 188 Å². The third kappa shape index (κ3) is 2.48. The minimum absolute atomic E-state index is 0.0217. The summed E-state index contributed by atoms with van der Waals surface area (Å²) in [6, 6.07) is 3.42. The first kappa shape index (κ1) is 20.9. The number of nitrogens with zero attached hydrogens (tertiary/aromatic N) is 2. The number of phenols is 1. The normalized spacial score (nSPS) is 42.4. The molecule has 2 saturated heterocycles. The fraction of sp³-hybridized carbons (Fsp3) is 0.680. The number of phenolic OH excluding ortho intramolecular Hbond substituents is 1. The van der Waals surface area contributed by atoms with Gasteiger partial charge in [0.15, 0.2) is 11.5 Å². The van der Waals surface area contributed by atoms with Crippen molar-refractivity contribution >= 4 is 0 Å². The zero-order valence-corrected chi connectivity index (χ0v) is 18.7. The van der Waals surface area contributed by atoms with Crippen LogP contribution in [0.15, 0.2) is 24.8 Å². The Morgan fingerprint density at radius 2 is 2.16 bits per heavy atom. The molecule has 0 aromatic heterocycles. The second-order valence-electron chi connectivity index (χ2n) is 10.4. The standard InChI is InChI=1S/C25H33FN2O4/c1-3-10-28-11-9-24-21-15-4-5-19(29)22(21)32-23(24)18(6-8-25(24,30)20(28)13-15)27(2)17-7-12-31-14-16(17)26/h3-5,16-18,20,23,29-30H,1,6-14H2,2H3/t16?,17?,18-,20?,23?,24+,25-/m1/s1. The predicted octanol–water partition coefficient (Wildman–Crippen LogP) is 2.16. The molecule has 6 rings (SSSR count). The summed E-state index contributed by atoms with van der Waals surface area (Å²) in [5.74, 6) is 0.670. The highest BCUT2D eigenvalue weighted by molar-refractivity contribution is 5.62. The monoisotopic (exact) mass is 444 g/mol. The number of alkyl halides is 1. The summed E-state index contributed by atoms with van der Waals surface area (Å²) in [6.45, 7) is 6.20. The van der Waals surface area contributed by atoms with Crippen molar-refractivity contribution in [2.45, 2.75) is 73.5 Å². The third-order valence-electron chi connectivity index (χ3n) is 9.20. The van der Waals surface area contributed by atoms with Crippen LogP contribution < -0.4 is 4.74 Å². The van der Waals surface area contributed by atoms with E-state index in [2.05, 4.69) is 16.4 Å². The van der Waals surface area contributed by atoms with Gasteiger partial charge in [-0.1, -0.05) is 12.1 Å². The van der Waals surface area contributed by atoms with Gasteiger partial charge in [-0.15, -0.1) is 6.58 Å². The summed E-state index contributed by atoms with van der Waals surface area (Å²) in [5, 5.41) is 23.1. The number of halogens is 1. The molecule has 5 aliphatic rings. The minimum Gasteiger partial charge on any atom is -0.504 e. The largest absolute Gasteiger partial charge is 0.504 e. The predicted molar refractivity (Wildman–Crippen MR) is 118 cm³/mol. The number of likely N-dealkylation sites (tertiary alicyclic amines) is 1. The average Bonchev–Trinajstić information content (AvgIpc) is 3.13. The summed E-state index contributed by atoms with van der Waals surface area (Å²) >= 11 is 0. The maximum absolute atomic E-state index is 14.8. The Kier molecular flexibility index (Phi) is 4.68. The number of likely N-dealkylation sites (N-methyl/N-ethyl adjacent to an activating group) is 1. The molecule has 4 unspecified atom stereocenters. The second-order valence-corrected chi connectivity index (χ2v) is 10.4. The molecule has 2 bridgehead atoms. The molecule has 2 N–H and O–H groups in total. The van der Waals surface area contributed by atoms with Gasteiger partial charge in [-0.2, -0.15) is 0 Å². The number of ether oxygens (including phenoxy) is 2. The van der Waals surface area contributed by atoms with Gasteiger partial charge in [0.1, 0.15) is 12.3 Å². The van der Waals surface area contributed by atoms with Gasteiger partial charge >= 0.3 is 0 Å². The van der Waals surface area contributed by atoms with Crippen LogP contribution in [-0.4, -0.2) is 89.4 Å². The van der Waals surface area contributed by atoms with Gasteiger partial charge < -0.3 is 19.7 Å². The van der Waals surface area contributed by atoms with Gasteiger partial charge in [0.2, 0.25) is 0 Å². The van der Waals surface area contributed by atoms with E-state index in [1.807, 2.05) is 19.2 Å². The summed E-state index contributed by atoms with van der Waals surface area (Å²) in [4.78, 5) is 4.50. The topological polar surface area (TPSA) is 65.4 Å². The van der Waals surface area contributed by atoms with E-state index in [1.165, 1.54) is 0 Å². The minimum atomic E-state index is -1.03. The lowest BCUT2D eigenvalue weighted by Gasteiger charge is -2.65. The number of hydrogen-bond donors (Lipinski definition) is 2. The Balaban J connectivity index is 1.47. The fourth-order valence-corrected chi connectivity index (χ4v) is 7.80. The highest BCUT2D eigenvalue weighted by atomic mass is 19.1. The lowest BCUT2D eigenvalue weighted by Crippen LogP contribution is -2.78. The zero-order chi connectivity index (χ0) is 22.3. The van der Waals surface area contributed by atoms with Gasteiger partial charge in [0.05, 0.1) is 17.6 Å². The fourth-order valence-electron chi connectivity index (χ4n) is 7.80. The lowest BCUT2D eigenvalue weighted by molar-refractivity contribution is -0.202. The Hall–Kier alpha value is -1.67. The van der Waals surface area contributed by atoms with Crippen LogP contribution in [0.2, 0.25) is 0 Å². The summed E-state index contributed by atoms with van der Waals surface area (Å²) in [5.41, 5.74) is 0.612. The van der Waals surface area contributed by atoms with E-state index in [9.17, 15) is 14.6 Å². The molecule has 32 heavy (non-hydrogen) atoms. The van der Waals surface area contributed by atoms with Crippen molar-refractivity contribution in [3.05, 3.63) is 35.9 Å². The summed E-state index contributed by atoms with van der Waals surface area (Å²) in [7, 11) is 1.99. The van der Waals surface area contributed by atoms with Crippen molar-refractivity contribution in [2.75, 3.05) is 33.4 Å². The van der Waals surface area contributed by atoms with E-state index in [0.29, 0.717) is 25.2 Å². The number of hydrogen-bond acceptors (Lipinski definition) is 6. The molecule has 1 spiro atoms. The first-order chi connectivity index (χ1) is 15.4. The molecule has 1 aromatic carbocycles. The molecule has 7 heteroatoms. The van der Waals surface area contributed by atoms with Gasteiger partial charge in [-0.25, -0.2) is 4.39 Å². The van der Waals surface area contributed by atoms with Gasteiger partial charge in [0.25, 0.3) is 0 Å². The van der Waals surface area contributed by atoms with Crippen LogP contribution in [0.1, 0.15) is 36.8 Å². The van der Waals surface area contributed by atoms with E-state index in [-0.39, 0.29) is 36.6 Å². The van der Waals surface area contributed by atoms with E-state index in [4.69, 9.17) is 9.47 Å². The molecule has 1 saturated carbocycles. The molecule has 6 nitrogen and oxygen atoms in total. The molecule has 3 heterocycles. The van der Waals surface area contributed by atoms with Gasteiger partial charge in [-0.3, -0.25) is 9.80 Å². The Morgan fingerprint density at radius 3 is 2.94 bits per heavy atom. The van der Waals surface area contributed by atoms with Crippen LogP contribution in [-0.2, 0) is 16.6 Å². The first-order valence-electron chi connectivity index (χ1n) is 12.0. The van der Waals surface area contributed by atoms with Crippen LogP contribution in [0, 0.1) is 0 Å². The Bertz CT molecular complexity index is 943. The van der Waals surface area contributed by atoms with E-state index in [1.54, 1.807) is 6.07 Å². The molecule has 7 atom stereocenters. The van der Waals surface area contributed by atoms with Crippen molar-refractivity contribution in [2.24, 2.45) is 0 Å². The third-order valence-corrected chi connectivity index (χ3v) is 9.20. The second kappa shape index (κ2) is 7.16. The average molecular weight is 445 g/mol. The molecule has 0 radical (unpaired) electrons. The van der Waals surface area contributed by atoms with Crippen LogP contribution in [0.3, 0.4) is 0 Å². The number of aliphatic hydroxyl groups is 1. The van der Waals surface area contributed by atoms with Crippen molar-refractivity contribution in [1.29, 1.82) is 0 Å². The molecule has 1 aromatic rings. The molecule has 0 amide bonds. The van der Waals surface area contributed by atoms with Crippen molar-refractivity contribution in [3.8, 4) is 11.5 Å². The summed E-state index contributed by atoms with van der Waals surface area (Å²) in [6.07, 6.45) is 4.05. The summed E-state index contributed by atoms with van der Waals surface area (Å²) < 4.78 is 26.8. The Morgan fingerprint density at radius 1 is 1.31 bits per heavy atom. The van der Waals surface area contributed by atoms with E-state index < -0.39 is 17.2 Å². The highest BCUT2D eigenvalue weighted by Gasteiger charge is 2.73. The van der Waals surface area contributed by atoms with Crippen LogP contribution >= 0.6 is 0 Å². The zero-order valence-electron chi connectivity index (χ0n) is 18.7. The van der Waals surface area contributed by atoms with Crippen LogP contribution in [0.25, 0.3) is 0 Å². The molecule has 3 fully saturated rings.